The molecule has 1 aliphatic heterocycles. The standard InChI is InChI=1S/C24H26N6O2.CH3.Cs/c1-18(19-6-4-3-5-7-19)32-24(31)29-12-10-28(11-13-29)23-15-26-30-17-20(8-9-22(23)30)21-14-25-27(2)16-21;;/h3-9,14-18H,10-13H2,1-2H3;1H3;/q;-1;+1. The number of amides is 1. The molecule has 0 bridgehead atoms. The van der Waals surface area contributed by atoms with Crippen molar-refractivity contribution in [2.45, 2.75) is 13.0 Å². The zero-order valence-electron chi connectivity index (χ0n) is 20.3. The summed E-state index contributed by atoms with van der Waals surface area (Å²) in [5.41, 5.74) is 5.25. The Labute approximate surface area is 259 Å². The average Bonchev–Trinajstić information content (AvgIpc) is 3.45. The predicted octanol–water partition coefficient (Wildman–Crippen LogP) is 1.21. The number of pyridine rings is 1. The first-order valence-electron chi connectivity index (χ1n) is 10.8. The molecule has 0 spiro atoms. The molecule has 1 fully saturated rings. The summed E-state index contributed by atoms with van der Waals surface area (Å²) >= 11 is 0. The van der Waals surface area contributed by atoms with Crippen LogP contribution in [-0.2, 0) is 11.8 Å². The van der Waals surface area contributed by atoms with E-state index in [1.165, 1.54) is 0 Å². The Morgan fingerprint density at radius 3 is 2.35 bits per heavy atom. The Morgan fingerprint density at radius 1 is 0.941 bits per heavy atom. The van der Waals surface area contributed by atoms with Crippen molar-refractivity contribution in [2.75, 3.05) is 31.1 Å². The Morgan fingerprint density at radius 2 is 1.68 bits per heavy atom. The first-order valence-corrected chi connectivity index (χ1v) is 10.8. The minimum atomic E-state index is -0.268. The third kappa shape index (κ3) is 5.72. The van der Waals surface area contributed by atoms with E-state index in [4.69, 9.17) is 4.74 Å². The van der Waals surface area contributed by atoms with Crippen molar-refractivity contribution in [3.63, 3.8) is 0 Å². The maximum Gasteiger partial charge on any atom is 1.00 e. The molecule has 4 aromatic rings. The molecule has 3 aromatic heterocycles. The molecule has 1 unspecified atom stereocenters. The van der Waals surface area contributed by atoms with Crippen LogP contribution in [0.15, 0.2) is 67.3 Å². The van der Waals surface area contributed by atoms with Gasteiger partial charge in [0.15, 0.2) is 0 Å². The van der Waals surface area contributed by atoms with Gasteiger partial charge >= 0.3 is 75.0 Å². The molecule has 0 radical (unpaired) electrons. The van der Waals surface area contributed by atoms with Crippen LogP contribution in [0.25, 0.3) is 16.6 Å². The molecule has 1 saturated heterocycles. The molecule has 34 heavy (non-hydrogen) atoms. The molecular weight excluding hydrogens is 549 g/mol. The molecular formula is C25H29CsN6O2. The van der Waals surface area contributed by atoms with Crippen LogP contribution in [-0.4, -0.2) is 56.6 Å². The number of aromatic nitrogens is 4. The minimum Gasteiger partial charge on any atom is -0.442 e. The van der Waals surface area contributed by atoms with Crippen molar-refractivity contribution < 1.29 is 78.4 Å². The summed E-state index contributed by atoms with van der Waals surface area (Å²) < 4.78 is 9.37. The number of nitrogens with zero attached hydrogens (tertiary/aromatic N) is 6. The smallest absolute Gasteiger partial charge is 0.442 e. The summed E-state index contributed by atoms with van der Waals surface area (Å²) in [5.74, 6) is 0. The maximum absolute atomic E-state index is 12.6. The predicted molar refractivity (Wildman–Crippen MR) is 129 cm³/mol. The van der Waals surface area contributed by atoms with E-state index in [0.29, 0.717) is 13.1 Å². The van der Waals surface area contributed by atoms with E-state index in [0.717, 1.165) is 41.0 Å². The molecule has 1 amide bonds. The van der Waals surface area contributed by atoms with Gasteiger partial charge in [-0.3, -0.25) is 4.68 Å². The van der Waals surface area contributed by atoms with Gasteiger partial charge in [0.1, 0.15) is 6.10 Å². The van der Waals surface area contributed by atoms with Crippen molar-refractivity contribution in [1.82, 2.24) is 24.3 Å². The van der Waals surface area contributed by atoms with Crippen molar-refractivity contribution in [3.8, 4) is 11.1 Å². The Bertz CT molecular complexity index is 1230. The molecule has 0 aliphatic carbocycles. The summed E-state index contributed by atoms with van der Waals surface area (Å²) in [6.45, 7) is 4.61. The van der Waals surface area contributed by atoms with Crippen molar-refractivity contribution >= 4 is 17.3 Å². The number of hydrogen-bond donors (Lipinski definition) is 0. The van der Waals surface area contributed by atoms with Crippen LogP contribution in [0.3, 0.4) is 0 Å². The van der Waals surface area contributed by atoms with Crippen molar-refractivity contribution in [1.29, 1.82) is 0 Å². The van der Waals surface area contributed by atoms with Gasteiger partial charge in [-0.15, -0.1) is 0 Å². The normalized spacial score (nSPS) is 14.3. The Kier molecular flexibility index (Phi) is 9.30. The van der Waals surface area contributed by atoms with E-state index in [-0.39, 0.29) is 88.5 Å². The molecule has 0 N–H and O–H groups in total. The van der Waals surface area contributed by atoms with Crippen molar-refractivity contribution in [2.24, 2.45) is 7.05 Å². The van der Waals surface area contributed by atoms with Gasteiger partial charge in [0, 0.05) is 56.7 Å². The monoisotopic (exact) mass is 578 g/mol. The summed E-state index contributed by atoms with van der Waals surface area (Å²) in [6, 6.07) is 14.0. The summed E-state index contributed by atoms with van der Waals surface area (Å²) in [6.07, 6.45) is 7.23. The fourth-order valence-electron chi connectivity index (χ4n) is 4.10. The number of carbonyl (C=O) groups excluding carboxylic acids is 1. The van der Waals surface area contributed by atoms with Gasteiger partial charge in [-0.25, -0.2) is 9.31 Å². The second kappa shape index (κ2) is 11.8. The zero-order valence-corrected chi connectivity index (χ0v) is 26.5. The number of ether oxygens (including phenoxy) is 1. The van der Waals surface area contributed by atoms with Gasteiger partial charge in [0.2, 0.25) is 0 Å². The largest absolute Gasteiger partial charge is 1.00 e. The maximum atomic E-state index is 12.6. The third-order valence-electron chi connectivity index (χ3n) is 5.96. The first-order chi connectivity index (χ1) is 15.6. The number of anilines is 1. The number of fused-ring (bicyclic) bond motifs is 1. The third-order valence-corrected chi connectivity index (χ3v) is 5.96. The van der Waals surface area contributed by atoms with Gasteiger partial charge in [0.25, 0.3) is 0 Å². The Balaban J connectivity index is 0.00000162. The molecule has 8 nitrogen and oxygen atoms in total. The topological polar surface area (TPSA) is 67.9 Å². The number of piperazine rings is 1. The Hall–Kier alpha value is -1.76. The summed E-state index contributed by atoms with van der Waals surface area (Å²) in [5, 5.41) is 8.80. The number of carbonyl (C=O) groups is 1. The van der Waals surface area contributed by atoms with E-state index >= 15 is 0 Å². The van der Waals surface area contributed by atoms with E-state index in [1.807, 2.05) is 73.6 Å². The van der Waals surface area contributed by atoms with Crippen LogP contribution in [0.2, 0.25) is 0 Å². The van der Waals surface area contributed by atoms with Crippen LogP contribution in [0.4, 0.5) is 10.5 Å². The van der Waals surface area contributed by atoms with E-state index < -0.39 is 0 Å². The van der Waals surface area contributed by atoms with Crippen LogP contribution < -0.4 is 73.8 Å². The molecule has 1 atom stereocenters. The van der Waals surface area contributed by atoms with Crippen LogP contribution >= 0.6 is 0 Å². The number of aryl methyl sites for hydroxylation is 1. The van der Waals surface area contributed by atoms with E-state index in [2.05, 4.69) is 27.2 Å². The molecule has 4 heterocycles. The quantitative estimate of drug-likeness (QED) is 0.341. The van der Waals surface area contributed by atoms with Crippen molar-refractivity contribution in [3.05, 3.63) is 80.2 Å². The summed E-state index contributed by atoms with van der Waals surface area (Å²) in [7, 11) is 1.91. The van der Waals surface area contributed by atoms with Gasteiger partial charge in [0.05, 0.1) is 23.6 Å². The minimum absolute atomic E-state index is 0. The fraction of sp³-hybridized carbons (Fsp3) is 0.280. The van der Waals surface area contributed by atoms with Gasteiger partial charge in [-0.05, 0) is 18.6 Å². The number of hydrogen-bond acceptors (Lipinski definition) is 5. The molecule has 1 aromatic carbocycles. The van der Waals surface area contributed by atoms with Crippen LogP contribution in [0.5, 0.6) is 0 Å². The summed E-state index contributed by atoms with van der Waals surface area (Å²) in [4.78, 5) is 16.7. The molecule has 1 aliphatic rings. The van der Waals surface area contributed by atoms with E-state index in [1.54, 1.807) is 9.58 Å². The van der Waals surface area contributed by atoms with Crippen LogP contribution in [0, 0.1) is 7.43 Å². The van der Waals surface area contributed by atoms with Gasteiger partial charge in [-0.1, -0.05) is 36.4 Å². The molecule has 5 rings (SSSR count). The fourth-order valence-corrected chi connectivity index (χ4v) is 4.10. The van der Waals surface area contributed by atoms with Crippen LogP contribution in [0.1, 0.15) is 18.6 Å². The average molecular weight is 578 g/mol. The second-order valence-electron chi connectivity index (χ2n) is 8.09. The number of benzene rings is 1. The van der Waals surface area contributed by atoms with E-state index in [9.17, 15) is 4.79 Å². The SMILES string of the molecule is CC(OC(=O)N1CCN(c2cnn3cc(-c4cnn(C)c4)ccc23)CC1)c1ccccc1.[CH3-].[Cs+]. The zero-order chi connectivity index (χ0) is 22.1. The first kappa shape index (κ1) is 26.8. The number of rotatable bonds is 4. The molecule has 172 valence electrons. The van der Waals surface area contributed by atoms with Gasteiger partial charge < -0.3 is 22.0 Å². The molecule has 9 heteroatoms. The molecule has 0 saturated carbocycles. The van der Waals surface area contributed by atoms with Gasteiger partial charge in [-0.2, -0.15) is 10.2 Å². The second-order valence-corrected chi connectivity index (χ2v) is 8.09.